The highest BCUT2D eigenvalue weighted by molar-refractivity contribution is 8.00. The number of fused-ring (bicyclic) bond motifs is 1. The number of carboxylic acid groups (broad SMARTS) is 1. The van der Waals surface area contributed by atoms with Crippen LogP contribution >= 0.6 is 11.8 Å². The molecule has 0 aromatic heterocycles. The van der Waals surface area contributed by atoms with Gasteiger partial charge in [-0.25, -0.2) is 4.79 Å². The van der Waals surface area contributed by atoms with Gasteiger partial charge < -0.3 is 5.11 Å². The van der Waals surface area contributed by atoms with Gasteiger partial charge in [0.25, 0.3) is 0 Å². The second-order valence-corrected chi connectivity index (χ2v) is 4.31. The third-order valence-electron chi connectivity index (χ3n) is 2.15. The molecule has 8 heteroatoms. The topological polar surface area (TPSA) is 106 Å². The van der Waals surface area contributed by atoms with E-state index >= 15 is 0 Å². The zero-order chi connectivity index (χ0) is 11.0. The van der Waals surface area contributed by atoms with Gasteiger partial charge in [0, 0.05) is 4.91 Å². The molecule has 2 rings (SSSR count). The van der Waals surface area contributed by atoms with Gasteiger partial charge in [0.05, 0.1) is 11.8 Å². The summed E-state index contributed by atoms with van der Waals surface area (Å²) >= 11 is 1.28. The Hall–Kier alpha value is -1.66. The van der Waals surface area contributed by atoms with Gasteiger partial charge in [-0.05, 0) is 11.6 Å². The van der Waals surface area contributed by atoms with Crippen molar-refractivity contribution < 1.29 is 14.7 Å². The van der Waals surface area contributed by atoms with Gasteiger partial charge in [-0.15, -0.1) is 11.8 Å². The van der Waals surface area contributed by atoms with Gasteiger partial charge in [0.15, 0.2) is 0 Å². The van der Waals surface area contributed by atoms with Crippen molar-refractivity contribution in [3.8, 4) is 0 Å². The zero-order valence-corrected chi connectivity index (χ0v) is 8.22. The standard InChI is InChI=1S/C7H6N4O3S/c8-10-9-4-1-3(7(13)14)11-5(12)2-6(11)15-4/h1,4,6H,2H2,(H,13,14)/t4?,6-/m1/s1. The van der Waals surface area contributed by atoms with Crippen LogP contribution in [0.2, 0.25) is 0 Å². The number of β-lactam (4-membered cyclic amide) rings is 1. The highest BCUT2D eigenvalue weighted by Crippen LogP contribution is 2.40. The number of amides is 1. The van der Waals surface area contributed by atoms with E-state index in [-0.39, 0.29) is 17.0 Å². The first-order valence-electron chi connectivity index (χ1n) is 4.10. The van der Waals surface area contributed by atoms with Crippen molar-refractivity contribution in [3.05, 3.63) is 22.2 Å². The van der Waals surface area contributed by atoms with Crippen molar-refractivity contribution in [2.75, 3.05) is 0 Å². The Balaban J connectivity index is 2.32. The first-order chi connectivity index (χ1) is 7.13. The van der Waals surface area contributed by atoms with Gasteiger partial charge in [-0.1, -0.05) is 5.11 Å². The number of hydrogen-bond acceptors (Lipinski definition) is 4. The van der Waals surface area contributed by atoms with E-state index in [0.717, 1.165) is 0 Å². The van der Waals surface area contributed by atoms with E-state index in [1.54, 1.807) is 0 Å². The highest BCUT2D eigenvalue weighted by atomic mass is 32.2. The third-order valence-corrected chi connectivity index (χ3v) is 3.35. The number of azide groups is 1. The van der Waals surface area contributed by atoms with E-state index < -0.39 is 11.3 Å². The number of hydrogen-bond donors (Lipinski definition) is 1. The summed E-state index contributed by atoms with van der Waals surface area (Å²) in [6.45, 7) is 0. The molecule has 1 amide bonds. The normalized spacial score (nSPS) is 28.4. The third kappa shape index (κ3) is 1.53. The fourth-order valence-electron chi connectivity index (χ4n) is 1.49. The van der Waals surface area contributed by atoms with Crippen molar-refractivity contribution in [2.45, 2.75) is 17.2 Å². The molecule has 0 saturated carbocycles. The number of nitrogens with zero attached hydrogens (tertiary/aromatic N) is 4. The molecule has 0 bridgehead atoms. The Kier molecular flexibility index (Phi) is 2.29. The summed E-state index contributed by atoms with van der Waals surface area (Å²) in [7, 11) is 0. The van der Waals surface area contributed by atoms with Gasteiger partial charge in [0.1, 0.15) is 11.1 Å². The summed E-state index contributed by atoms with van der Waals surface area (Å²) in [4.78, 5) is 25.8. The van der Waals surface area contributed by atoms with E-state index in [1.807, 2.05) is 0 Å². The summed E-state index contributed by atoms with van der Waals surface area (Å²) in [5.74, 6) is -1.38. The van der Waals surface area contributed by atoms with Crippen molar-refractivity contribution in [2.24, 2.45) is 5.11 Å². The molecule has 0 aliphatic carbocycles. The van der Waals surface area contributed by atoms with E-state index in [9.17, 15) is 9.59 Å². The molecule has 1 saturated heterocycles. The molecule has 0 aromatic carbocycles. The quantitative estimate of drug-likeness (QED) is 0.326. The molecule has 2 atom stereocenters. The molecular formula is C7H6N4O3S. The fourth-order valence-corrected chi connectivity index (χ4v) is 2.70. The monoisotopic (exact) mass is 226 g/mol. The minimum absolute atomic E-state index is 0.0904. The summed E-state index contributed by atoms with van der Waals surface area (Å²) in [6.07, 6.45) is 1.59. The SMILES string of the molecule is [N-]=[N+]=NC1C=C(C(=O)O)N2C(=O)C[C@H]2S1. The molecule has 1 unspecified atom stereocenters. The molecular weight excluding hydrogens is 220 g/mol. The number of aliphatic carboxylic acids is 1. The molecule has 1 fully saturated rings. The molecule has 0 spiro atoms. The van der Waals surface area contributed by atoms with Crippen LogP contribution in [0.15, 0.2) is 16.9 Å². The van der Waals surface area contributed by atoms with Gasteiger partial charge in [0.2, 0.25) is 5.91 Å². The van der Waals surface area contributed by atoms with Crippen LogP contribution in [0.1, 0.15) is 6.42 Å². The molecule has 78 valence electrons. The molecule has 0 aromatic rings. The van der Waals surface area contributed by atoms with Crippen LogP contribution in [0.3, 0.4) is 0 Å². The Labute approximate surface area is 88.4 Å². The first-order valence-corrected chi connectivity index (χ1v) is 5.04. The smallest absolute Gasteiger partial charge is 0.352 e. The maximum atomic E-state index is 11.1. The second kappa shape index (κ2) is 3.48. The Morgan fingerprint density at radius 2 is 2.53 bits per heavy atom. The van der Waals surface area contributed by atoms with Crippen LogP contribution in [-0.2, 0) is 9.59 Å². The first kappa shape index (κ1) is 9.88. The lowest BCUT2D eigenvalue weighted by Crippen LogP contribution is -2.53. The predicted octanol–water partition coefficient (Wildman–Crippen LogP) is 0.897. The lowest BCUT2D eigenvalue weighted by Gasteiger charge is -2.43. The van der Waals surface area contributed by atoms with Crippen LogP contribution < -0.4 is 0 Å². The maximum Gasteiger partial charge on any atom is 0.352 e. The summed E-state index contributed by atoms with van der Waals surface area (Å²) in [5, 5.41) is 11.5. The minimum Gasteiger partial charge on any atom is -0.477 e. The Morgan fingerprint density at radius 1 is 1.80 bits per heavy atom. The summed E-state index contributed by atoms with van der Waals surface area (Å²) in [6, 6.07) is 0. The van der Waals surface area contributed by atoms with E-state index in [2.05, 4.69) is 10.0 Å². The fraction of sp³-hybridized carbons (Fsp3) is 0.429. The van der Waals surface area contributed by atoms with Crippen LogP contribution in [-0.4, -0.2) is 32.6 Å². The maximum absolute atomic E-state index is 11.1. The van der Waals surface area contributed by atoms with Gasteiger partial charge >= 0.3 is 5.97 Å². The average molecular weight is 226 g/mol. The number of rotatable bonds is 2. The molecule has 15 heavy (non-hydrogen) atoms. The molecule has 7 nitrogen and oxygen atoms in total. The van der Waals surface area contributed by atoms with Gasteiger partial charge in [-0.2, -0.15) is 0 Å². The van der Waals surface area contributed by atoms with Crippen LogP contribution in [0.5, 0.6) is 0 Å². The second-order valence-electron chi connectivity index (χ2n) is 3.01. The molecule has 2 aliphatic rings. The van der Waals surface area contributed by atoms with Crippen molar-refractivity contribution in [1.29, 1.82) is 0 Å². The summed E-state index contributed by atoms with van der Waals surface area (Å²) < 4.78 is 0. The summed E-state index contributed by atoms with van der Waals surface area (Å²) in [5.41, 5.74) is 8.16. The molecule has 0 radical (unpaired) electrons. The van der Waals surface area contributed by atoms with Crippen LogP contribution in [0.25, 0.3) is 10.4 Å². The highest BCUT2D eigenvalue weighted by Gasteiger charge is 2.45. The van der Waals surface area contributed by atoms with E-state index in [1.165, 1.54) is 22.7 Å². The molecule has 1 N–H and O–H groups in total. The van der Waals surface area contributed by atoms with Gasteiger partial charge in [-0.3, -0.25) is 9.69 Å². The van der Waals surface area contributed by atoms with Crippen molar-refractivity contribution >= 4 is 23.6 Å². The van der Waals surface area contributed by atoms with Crippen molar-refractivity contribution in [1.82, 2.24) is 4.90 Å². The predicted molar refractivity (Wildman–Crippen MR) is 51.5 cm³/mol. The number of carbonyl (C=O) groups excluding carboxylic acids is 1. The molecule has 2 aliphatic heterocycles. The number of carbonyl (C=O) groups is 2. The lowest BCUT2D eigenvalue weighted by molar-refractivity contribution is -0.146. The minimum atomic E-state index is -1.17. The average Bonchev–Trinajstić information content (AvgIpc) is 2.15. The Morgan fingerprint density at radius 3 is 3.07 bits per heavy atom. The van der Waals surface area contributed by atoms with Crippen LogP contribution in [0, 0.1) is 0 Å². The Bertz CT molecular complexity index is 414. The largest absolute Gasteiger partial charge is 0.477 e. The number of carboxylic acids is 1. The van der Waals surface area contributed by atoms with Crippen molar-refractivity contribution in [3.63, 3.8) is 0 Å². The van der Waals surface area contributed by atoms with E-state index in [4.69, 9.17) is 10.6 Å². The zero-order valence-electron chi connectivity index (χ0n) is 7.40. The lowest BCUT2D eigenvalue weighted by atomic mass is 10.1. The number of thioether (sulfide) groups is 1. The van der Waals surface area contributed by atoms with E-state index in [0.29, 0.717) is 6.42 Å². The van der Waals surface area contributed by atoms with Crippen LogP contribution in [0.4, 0.5) is 0 Å². The molecule has 2 heterocycles.